The first-order valence-corrected chi connectivity index (χ1v) is 3.80. The first-order chi connectivity index (χ1) is 5.31. The summed E-state index contributed by atoms with van der Waals surface area (Å²) >= 11 is 0. The molecule has 0 aliphatic rings. The maximum atomic E-state index is 5.52. The minimum absolute atomic E-state index is 0.535. The van der Waals surface area contributed by atoms with Crippen LogP contribution < -0.4 is 16.8 Å². The topological polar surface area (TPSA) is 64.1 Å². The Kier molecular flexibility index (Phi) is 6.78. The number of nitrogens with two attached hydrogens (primary N) is 2. The predicted molar refractivity (Wildman–Crippen MR) is 48.8 cm³/mol. The van der Waals surface area contributed by atoms with E-state index in [1.165, 1.54) is 0 Å². The highest BCUT2D eigenvalue weighted by molar-refractivity contribution is 5.13. The standard InChI is InChI=1S/C8H17N3/c1-2-8(10)5-3-4-6-11-7-9/h2-3,5,11H,4,6-7,9-10H2,1H3/b5-3+,8-2+. The van der Waals surface area contributed by atoms with Gasteiger partial charge in [0.1, 0.15) is 0 Å². The summed E-state index contributed by atoms with van der Waals surface area (Å²) in [7, 11) is 0. The fourth-order valence-electron chi connectivity index (χ4n) is 0.603. The Labute approximate surface area is 68.1 Å². The van der Waals surface area contributed by atoms with Gasteiger partial charge in [0, 0.05) is 12.4 Å². The quantitative estimate of drug-likeness (QED) is 0.304. The van der Waals surface area contributed by atoms with Crippen LogP contribution in [0.1, 0.15) is 13.3 Å². The Hall–Kier alpha value is -0.800. The number of nitrogens with one attached hydrogen (secondary N) is 1. The van der Waals surface area contributed by atoms with Gasteiger partial charge in [-0.2, -0.15) is 0 Å². The average molecular weight is 155 g/mol. The second-order valence-electron chi connectivity index (χ2n) is 2.18. The highest BCUT2D eigenvalue weighted by Crippen LogP contribution is 1.87. The molecule has 0 bridgehead atoms. The van der Waals surface area contributed by atoms with Gasteiger partial charge in [0.05, 0.1) is 0 Å². The molecule has 0 rings (SSSR count). The molecular weight excluding hydrogens is 138 g/mol. The lowest BCUT2D eigenvalue weighted by Crippen LogP contribution is -2.22. The molecule has 3 nitrogen and oxygen atoms in total. The number of allylic oxidation sites excluding steroid dienone is 2. The van der Waals surface area contributed by atoms with E-state index >= 15 is 0 Å². The SMILES string of the molecule is C/C=C(N)\C=C\CCNCN. The molecule has 3 heteroatoms. The Bertz CT molecular complexity index is 138. The average Bonchev–Trinajstić information content (AvgIpc) is 2.04. The summed E-state index contributed by atoms with van der Waals surface area (Å²) in [5.41, 5.74) is 11.5. The largest absolute Gasteiger partial charge is 0.399 e. The summed E-state index contributed by atoms with van der Waals surface area (Å²) in [6.07, 6.45) is 6.76. The van der Waals surface area contributed by atoms with Crippen LogP contribution in [0.15, 0.2) is 23.9 Å². The van der Waals surface area contributed by atoms with E-state index < -0.39 is 0 Å². The van der Waals surface area contributed by atoms with Crippen molar-refractivity contribution in [2.45, 2.75) is 13.3 Å². The Balaban J connectivity index is 3.30. The Morgan fingerprint density at radius 1 is 1.55 bits per heavy atom. The molecule has 0 aliphatic carbocycles. The van der Waals surface area contributed by atoms with Gasteiger partial charge in [0.2, 0.25) is 0 Å². The molecule has 0 aromatic rings. The third-order valence-electron chi connectivity index (χ3n) is 1.28. The summed E-state index contributed by atoms with van der Waals surface area (Å²) in [6.45, 7) is 3.36. The summed E-state index contributed by atoms with van der Waals surface area (Å²) in [4.78, 5) is 0. The first kappa shape index (κ1) is 10.2. The molecule has 0 spiro atoms. The van der Waals surface area contributed by atoms with Crippen LogP contribution in [0.2, 0.25) is 0 Å². The maximum Gasteiger partial charge on any atom is 0.0428 e. The van der Waals surface area contributed by atoms with Gasteiger partial charge in [-0.3, -0.25) is 0 Å². The summed E-state index contributed by atoms with van der Waals surface area (Å²) in [6, 6.07) is 0. The second-order valence-corrected chi connectivity index (χ2v) is 2.18. The molecule has 0 unspecified atom stereocenters. The summed E-state index contributed by atoms with van der Waals surface area (Å²) in [5, 5.41) is 3.01. The van der Waals surface area contributed by atoms with Crippen LogP contribution in [0.4, 0.5) is 0 Å². The lowest BCUT2D eigenvalue weighted by atomic mass is 10.3. The van der Waals surface area contributed by atoms with Crippen molar-refractivity contribution >= 4 is 0 Å². The summed E-state index contributed by atoms with van der Waals surface area (Å²) in [5.74, 6) is 0. The lowest BCUT2D eigenvalue weighted by Gasteiger charge is -1.95. The molecule has 11 heavy (non-hydrogen) atoms. The van der Waals surface area contributed by atoms with E-state index in [9.17, 15) is 0 Å². The van der Waals surface area contributed by atoms with Crippen LogP contribution in [0.5, 0.6) is 0 Å². The van der Waals surface area contributed by atoms with Crippen molar-refractivity contribution in [1.29, 1.82) is 0 Å². The van der Waals surface area contributed by atoms with Crippen molar-refractivity contribution in [1.82, 2.24) is 5.32 Å². The Morgan fingerprint density at radius 3 is 2.82 bits per heavy atom. The molecule has 0 amide bonds. The zero-order valence-electron chi connectivity index (χ0n) is 7.01. The Morgan fingerprint density at radius 2 is 2.27 bits per heavy atom. The minimum Gasteiger partial charge on any atom is -0.399 e. The highest BCUT2D eigenvalue weighted by atomic mass is 14.9. The minimum atomic E-state index is 0.535. The fourth-order valence-corrected chi connectivity index (χ4v) is 0.603. The van der Waals surface area contributed by atoms with Crippen molar-refractivity contribution in [2.24, 2.45) is 11.5 Å². The number of rotatable bonds is 5. The van der Waals surface area contributed by atoms with Crippen molar-refractivity contribution < 1.29 is 0 Å². The molecule has 0 atom stereocenters. The second kappa shape index (κ2) is 7.31. The molecule has 0 saturated heterocycles. The van der Waals surface area contributed by atoms with Gasteiger partial charge in [-0.15, -0.1) is 0 Å². The maximum absolute atomic E-state index is 5.52. The molecule has 5 N–H and O–H groups in total. The van der Waals surface area contributed by atoms with Gasteiger partial charge < -0.3 is 16.8 Å². The molecular formula is C8H17N3. The van der Waals surface area contributed by atoms with E-state index in [1.807, 2.05) is 25.2 Å². The van der Waals surface area contributed by atoms with Crippen LogP contribution in [-0.4, -0.2) is 13.2 Å². The van der Waals surface area contributed by atoms with Crippen molar-refractivity contribution in [3.05, 3.63) is 23.9 Å². The van der Waals surface area contributed by atoms with E-state index in [0.717, 1.165) is 18.7 Å². The third kappa shape index (κ3) is 7.09. The van der Waals surface area contributed by atoms with Crippen molar-refractivity contribution in [3.8, 4) is 0 Å². The molecule has 64 valence electrons. The lowest BCUT2D eigenvalue weighted by molar-refractivity contribution is 0.710. The fraction of sp³-hybridized carbons (Fsp3) is 0.500. The van der Waals surface area contributed by atoms with E-state index in [0.29, 0.717) is 6.67 Å². The molecule has 0 saturated carbocycles. The number of hydrogen-bond donors (Lipinski definition) is 3. The van der Waals surface area contributed by atoms with Crippen LogP contribution in [0, 0.1) is 0 Å². The van der Waals surface area contributed by atoms with Gasteiger partial charge in [-0.25, -0.2) is 0 Å². The smallest absolute Gasteiger partial charge is 0.0428 e. The van der Waals surface area contributed by atoms with Crippen molar-refractivity contribution in [2.75, 3.05) is 13.2 Å². The van der Waals surface area contributed by atoms with Crippen LogP contribution >= 0.6 is 0 Å². The van der Waals surface area contributed by atoms with Crippen LogP contribution in [-0.2, 0) is 0 Å². The van der Waals surface area contributed by atoms with Gasteiger partial charge >= 0.3 is 0 Å². The number of hydrogen-bond acceptors (Lipinski definition) is 3. The van der Waals surface area contributed by atoms with E-state index in [1.54, 1.807) is 0 Å². The van der Waals surface area contributed by atoms with Gasteiger partial charge in [-0.05, 0) is 26.0 Å². The first-order valence-electron chi connectivity index (χ1n) is 3.80. The summed E-state index contributed by atoms with van der Waals surface area (Å²) < 4.78 is 0. The predicted octanol–water partition coefficient (Wildman–Crippen LogP) is 0.301. The molecule has 0 heterocycles. The van der Waals surface area contributed by atoms with E-state index in [4.69, 9.17) is 11.5 Å². The van der Waals surface area contributed by atoms with Crippen LogP contribution in [0.25, 0.3) is 0 Å². The molecule has 0 aliphatic heterocycles. The zero-order valence-corrected chi connectivity index (χ0v) is 7.01. The van der Waals surface area contributed by atoms with Gasteiger partial charge in [-0.1, -0.05) is 12.2 Å². The van der Waals surface area contributed by atoms with E-state index in [-0.39, 0.29) is 0 Å². The molecule has 0 aromatic heterocycles. The van der Waals surface area contributed by atoms with Crippen molar-refractivity contribution in [3.63, 3.8) is 0 Å². The van der Waals surface area contributed by atoms with E-state index in [2.05, 4.69) is 5.32 Å². The molecule has 0 radical (unpaired) electrons. The van der Waals surface area contributed by atoms with Crippen LogP contribution in [0.3, 0.4) is 0 Å². The third-order valence-corrected chi connectivity index (χ3v) is 1.28. The monoisotopic (exact) mass is 155 g/mol. The highest BCUT2D eigenvalue weighted by Gasteiger charge is 1.79. The molecule has 0 fully saturated rings. The zero-order chi connectivity index (χ0) is 8.53. The van der Waals surface area contributed by atoms with Gasteiger partial charge in [0.15, 0.2) is 0 Å². The van der Waals surface area contributed by atoms with Gasteiger partial charge in [0.25, 0.3) is 0 Å². The molecule has 0 aromatic carbocycles. The normalized spacial score (nSPS) is 12.7.